The molecular formula is C13H20O3. The van der Waals surface area contributed by atoms with Crippen molar-refractivity contribution in [2.75, 3.05) is 13.2 Å². The maximum Gasteiger partial charge on any atom is 0.125 e. The van der Waals surface area contributed by atoms with E-state index in [1.807, 2.05) is 38.1 Å². The van der Waals surface area contributed by atoms with Crippen molar-refractivity contribution < 1.29 is 14.9 Å². The van der Waals surface area contributed by atoms with Crippen molar-refractivity contribution in [1.82, 2.24) is 0 Å². The highest BCUT2D eigenvalue weighted by Gasteiger charge is 2.11. The first-order chi connectivity index (χ1) is 7.69. The SMILES string of the molecule is CCC(O)c1ccccc1OCC(C)CO. The van der Waals surface area contributed by atoms with E-state index in [0.29, 0.717) is 18.8 Å². The van der Waals surface area contributed by atoms with Gasteiger partial charge in [-0.05, 0) is 12.5 Å². The molecule has 1 aromatic rings. The maximum atomic E-state index is 9.80. The number of hydrogen-bond acceptors (Lipinski definition) is 3. The maximum absolute atomic E-state index is 9.80. The van der Waals surface area contributed by atoms with Crippen LogP contribution >= 0.6 is 0 Å². The second kappa shape index (κ2) is 6.51. The van der Waals surface area contributed by atoms with Crippen LogP contribution in [0.2, 0.25) is 0 Å². The van der Waals surface area contributed by atoms with Gasteiger partial charge in [-0.1, -0.05) is 32.0 Å². The first-order valence-corrected chi connectivity index (χ1v) is 5.69. The molecule has 16 heavy (non-hydrogen) atoms. The molecule has 0 heterocycles. The van der Waals surface area contributed by atoms with Crippen LogP contribution in [-0.4, -0.2) is 23.4 Å². The van der Waals surface area contributed by atoms with E-state index in [1.165, 1.54) is 0 Å². The fourth-order valence-electron chi connectivity index (χ4n) is 1.39. The van der Waals surface area contributed by atoms with E-state index in [-0.39, 0.29) is 12.5 Å². The van der Waals surface area contributed by atoms with Crippen LogP contribution < -0.4 is 4.74 Å². The predicted octanol–water partition coefficient (Wildman–Crippen LogP) is 2.14. The lowest BCUT2D eigenvalue weighted by Crippen LogP contribution is -2.13. The van der Waals surface area contributed by atoms with E-state index in [1.54, 1.807) is 0 Å². The lowest BCUT2D eigenvalue weighted by atomic mass is 10.1. The summed E-state index contributed by atoms with van der Waals surface area (Å²) in [5, 5.41) is 18.7. The van der Waals surface area contributed by atoms with Crippen LogP contribution in [0.1, 0.15) is 31.9 Å². The van der Waals surface area contributed by atoms with Crippen LogP contribution in [0.3, 0.4) is 0 Å². The summed E-state index contributed by atoms with van der Waals surface area (Å²) >= 11 is 0. The molecule has 0 radical (unpaired) electrons. The predicted molar refractivity (Wildman–Crippen MR) is 63.4 cm³/mol. The van der Waals surface area contributed by atoms with Gasteiger partial charge in [-0.25, -0.2) is 0 Å². The average molecular weight is 224 g/mol. The van der Waals surface area contributed by atoms with Crippen molar-refractivity contribution in [2.24, 2.45) is 5.92 Å². The zero-order valence-corrected chi connectivity index (χ0v) is 9.89. The van der Waals surface area contributed by atoms with Crippen LogP contribution in [0.4, 0.5) is 0 Å². The van der Waals surface area contributed by atoms with Crippen LogP contribution in [-0.2, 0) is 0 Å². The van der Waals surface area contributed by atoms with Gasteiger partial charge in [-0.15, -0.1) is 0 Å². The van der Waals surface area contributed by atoms with Crippen LogP contribution in [0.25, 0.3) is 0 Å². The number of benzene rings is 1. The zero-order valence-electron chi connectivity index (χ0n) is 9.89. The van der Waals surface area contributed by atoms with E-state index in [2.05, 4.69) is 0 Å². The number of hydrogen-bond donors (Lipinski definition) is 2. The second-order valence-electron chi connectivity index (χ2n) is 4.06. The summed E-state index contributed by atoms with van der Waals surface area (Å²) in [6.07, 6.45) is 0.177. The lowest BCUT2D eigenvalue weighted by Gasteiger charge is -2.16. The quantitative estimate of drug-likeness (QED) is 0.778. The molecule has 0 saturated heterocycles. The van der Waals surface area contributed by atoms with Gasteiger partial charge in [0, 0.05) is 18.1 Å². The number of ether oxygens (including phenoxy) is 1. The molecule has 2 N–H and O–H groups in total. The molecule has 0 bridgehead atoms. The molecule has 90 valence electrons. The number of rotatable bonds is 6. The molecule has 1 rings (SSSR count). The highest BCUT2D eigenvalue weighted by Crippen LogP contribution is 2.27. The van der Waals surface area contributed by atoms with Crippen molar-refractivity contribution >= 4 is 0 Å². The van der Waals surface area contributed by atoms with E-state index < -0.39 is 6.10 Å². The Morgan fingerprint density at radius 1 is 1.31 bits per heavy atom. The molecule has 3 nitrogen and oxygen atoms in total. The van der Waals surface area contributed by atoms with Crippen LogP contribution in [0, 0.1) is 5.92 Å². The minimum absolute atomic E-state index is 0.104. The molecule has 3 heteroatoms. The molecule has 0 aliphatic heterocycles. The van der Waals surface area contributed by atoms with Crippen molar-refractivity contribution in [3.05, 3.63) is 29.8 Å². The van der Waals surface area contributed by atoms with Gasteiger partial charge in [0.05, 0.1) is 12.7 Å². The van der Waals surface area contributed by atoms with Gasteiger partial charge < -0.3 is 14.9 Å². The molecule has 0 aliphatic rings. The molecule has 0 saturated carbocycles. The molecule has 0 fully saturated rings. The first kappa shape index (κ1) is 13.0. The van der Waals surface area contributed by atoms with E-state index in [0.717, 1.165) is 5.56 Å². The average Bonchev–Trinajstić information content (AvgIpc) is 2.35. The number of aliphatic hydroxyl groups excluding tert-OH is 2. The molecule has 0 aromatic heterocycles. The summed E-state index contributed by atoms with van der Waals surface area (Å²) in [4.78, 5) is 0. The summed E-state index contributed by atoms with van der Waals surface area (Å²) in [5.41, 5.74) is 0.815. The third-order valence-electron chi connectivity index (χ3n) is 2.50. The lowest BCUT2D eigenvalue weighted by molar-refractivity contribution is 0.153. The molecule has 1 aromatic carbocycles. The fourth-order valence-corrected chi connectivity index (χ4v) is 1.39. The largest absolute Gasteiger partial charge is 0.493 e. The zero-order chi connectivity index (χ0) is 12.0. The van der Waals surface area contributed by atoms with Crippen molar-refractivity contribution in [3.63, 3.8) is 0 Å². The minimum atomic E-state index is -0.486. The summed E-state index contributed by atoms with van der Waals surface area (Å²) in [6.45, 7) is 4.42. The third-order valence-corrected chi connectivity index (χ3v) is 2.50. The Balaban J connectivity index is 2.71. The molecule has 0 amide bonds. The van der Waals surface area contributed by atoms with Crippen LogP contribution in [0.15, 0.2) is 24.3 Å². The smallest absolute Gasteiger partial charge is 0.125 e. The van der Waals surface area contributed by atoms with Crippen molar-refractivity contribution in [2.45, 2.75) is 26.4 Å². The molecule has 0 spiro atoms. The topological polar surface area (TPSA) is 49.7 Å². The number of aliphatic hydroxyl groups is 2. The normalized spacial score (nSPS) is 14.5. The Kier molecular flexibility index (Phi) is 5.29. The van der Waals surface area contributed by atoms with Gasteiger partial charge in [-0.3, -0.25) is 0 Å². The first-order valence-electron chi connectivity index (χ1n) is 5.69. The Morgan fingerprint density at radius 2 is 2.00 bits per heavy atom. The Labute approximate surface area is 96.7 Å². The van der Waals surface area contributed by atoms with E-state index in [9.17, 15) is 5.11 Å². The van der Waals surface area contributed by atoms with Gasteiger partial charge >= 0.3 is 0 Å². The van der Waals surface area contributed by atoms with Gasteiger partial charge in [0.2, 0.25) is 0 Å². The van der Waals surface area contributed by atoms with Gasteiger partial charge in [0.15, 0.2) is 0 Å². The molecular weight excluding hydrogens is 204 g/mol. The fraction of sp³-hybridized carbons (Fsp3) is 0.538. The summed E-state index contributed by atoms with van der Waals surface area (Å²) < 4.78 is 5.59. The summed E-state index contributed by atoms with van der Waals surface area (Å²) in [7, 11) is 0. The Bertz CT molecular complexity index is 312. The van der Waals surface area contributed by atoms with E-state index >= 15 is 0 Å². The number of para-hydroxylation sites is 1. The highest BCUT2D eigenvalue weighted by atomic mass is 16.5. The second-order valence-corrected chi connectivity index (χ2v) is 4.06. The molecule has 0 aliphatic carbocycles. The third kappa shape index (κ3) is 3.51. The van der Waals surface area contributed by atoms with Gasteiger partial charge in [-0.2, -0.15) is 0 Å². The van der Waals surface area contributed by atoms with E-state index in [4.69, 9.17) is 9.84 Å². The summed E-state index contributed by atoms with van der Waals surface area (Å²) in [6, 6.07) is 7.48. The molecule has 2 atom stereocenters. The van der Waals surface area contributed by atoms with Crippen LogP contribution in [0.5, 0.6) is 5.75 Å². The summed E-state index contributed by atoms with van der Waals surface area (Å²) in [5.74, 6) is 0.809. The van der Waals surface area contributed by atoms with Crippen molar-refractivity contribution in [1.29, 1.82) is 0 Å². The minimum Gasteiger partial charge on any atom is -0.493 e. The molecule has 2 unspecified atom stereocenters. The highest BCUT2D eigenvalue weighted by molar-refractivity contribution is 5.34. The standard InChI is InChI=1S/C13H20O3/c1-3-12(15)11-6-4-5-7-13(11)16-9-10(2)8-14/h4-7,10,12,14-15H,3,8-9H2,1-2H3. The van der Waals surface area contributed by atoms with Crippen molar-refractivity contribution in [3.8, 4) is 5.75 Å². The van der Waals surface area contributed by atoms with Gasteiger partial charge in [0.25, 0.3) is 0 Å². The van der Waals surface area contributed by atoms with Gasteiger partial charge in [0.1, 0.15) is 5.75 Å². The monoisotopic (exact) mass is 224 g/mol. The Morgan fingerprint density at radius 3 is 2.62 bits per heavy atom. The Hall–Kier alpha value is -1.06.